The molecule has 0 aliphatic carbocycles. The summed E-state index contributed by atoms with van der Waals surface area (Å²) in [6.45, 7) is 10.1. The number of carboxylic acid groups (broad SMARTS) is 2. The normalized spacial score (nSPS) is 15.8. The number of nitrogens with two attached hydrogens (primary N) is 1. The Bertz CT molecular complexity index is 3730. The lowest BCUT2D eigenvalue weighted by molar-refractivity contribution is -0.143. The summed E-state index contributed by atoms with van der Waals surface area (Å²) in [5.41, 5.74) is 3.62. The molecule has 5 aromatic rings. The van der Waals surface area contributed by atoms with Gasteiger partial charge in [-0.2, -0.15) is 0 Å². The van der Waals surface area contributed by atoms with E-state index in [1.54, 1.807) is 71.9 Å². The van der Waals surface area contributed by atoms with Gasteiger partial charge in [0.25, 0.3) is 10.9 Å². The summed E-state index contributed by atoms with van der Waals surface area (Å²) in [6.07, 6.45) is 4.54. The number of phenols is 1. The Kier molecular flexibility index (Phi) is 28.7. The summed E-state index contributed by atoms with van der Waals surface area (Å²) < 4.78 is 0. The average molecular weight is 1390 g/mol. The van der Waals surface area contributed by atoms with Crippen molar-refractivity contribution in [1.82, 2.24) is 72.7 Å². The molecule has 3 heterocycles. The van der Waals surface area contributed by atoms with E-state index in [-0.39, 0.29) is 82.5 Å². The van der Waals surface area contributed by atoms with Crippen LogP contribution < -0.4 is 69.8 Å². The smallest absolute Gasteiger partial charge is 0.326 e. The summed E-state index contributed by atoms with van der Waals surface area (Å²) >= 11 is 0. The number of H-pyrrole nitrogens is 2. The second kappa shape index (κ2) is 36.9. The molecule has 9 amide bonds. The minimum atomic E-state index is -1.82. The maximum atomic E-state index is 15.1. The largest absolute Gasteiger partial charge is 0.508 e. The van der Waals surface area contributed by atoms with Gasteiger partial charge in [0, 0.05) is 63.1 Å². The SMILES string of the molecule is CCC(C)C(NC(=O)C(Cc1ccc(O)cc1)NC(=O)C(NC(=O)C(CCCNC(=N)N)NC(=O)C(CC(=O)O)Nc1c(O)c(=O)c1=O)C(C)C)C(=O)NC(Cc1cnc[nH]1)C(=O)N1CCCC1C(=O)NC(Cc1ccccc1)C(=O)NC(Cc1ncc[nH]1)C(=O)NC(CC(C)C)C(=O)O. The molecule has 2 aromatic heterocycles. The minimum Gasteiger partial charge on any atom is -0.508 e. The van der Waals surface area contributed by atoms with Crippen molar-refractivity contribution in [3.05, 3.63) is 123 Å². The third-order valence-corrected chi connectivity index (χ3v) is 16.8. The van der Waals surface area contributed by atoms with E-state index in [1.165, 1.54) is 54.1 Å². The van der Waals surface area contributed by atoms with Crippen LogP contribution in [-0.4, -0.2) is 190 Å². The molecule has 0 saturated carbocycles. The first-order chi connectivity index (χ1) is 47.4. The van der Waals surface area contributed by atoms with Crippen molar-refractivity contribution in [3.63, 3.8) is 0 Å². The Morgan fingerprint density at radius 1 is 0.660 bits per heavy atom. The molecule has 1 saturated heterocycles. The number of likely N-dealkylation sites (tertiary alicyclic amines) is 1. The first-order valence-electron chi connectivity index (χ1n) is 32.8. The number of aliphatic carboxylic acids is 2. The number of benzene rings is 2. The van der Waals surface area contributed by atoms with Crippen LogP contribution >= 0.6 is 0 Å². The van der Waals surface area contributed by atoms with E-state index in [0.717, 1.165) is 0 Å². The summed E-state index contributed by atoms with van der Waals surface area (Å²) in [4.78, 5) is 194. The van der Waals surface area contributed by atoms with Gasteiger partial charge in [-0.25, -0.2) is 14.8 Å². The number of rotatable bonds is 39. The molecule has 19 N–H and O–H groups in total. The number of aromatic nitrogens is 4. The van der Waals surface area contributed by atoms with Crippen molar-refractivity contribution in [3.8, 4) is 11.5 Å². The Morgan fingerprint density at radius 3 is 1.81 bits per heavy atom. The van der Waals surface area contributed by atoms with Crippen molar-refractivity contribution >= 4 is 76.8 Å². The third kappa shape index (κ3) is 22.7. The minimum absolute atomic E-state index is 0.000726. The molecule has 6 rings (SSSR count). The molecule has 540 valence electrons. The molecule has 0 radical (unpaired) electrons. The highest BCUT2D eigenvalue weighted by molar-refractivity contribution is 5.99. The number of guanidine groups is 1. The first-order valence-corrected chi connectivity index (χ1v) is 32.8. The number of aromatic hydroxyl groups is 2. The van der Waals surface area contributed by atoms with Gasteiger partial charge in [0.15, 0.2) is 11.7 Å². The van der Waals surface area contributed by atoms with Gasteiger partial charge < -0.3 is 94.2 Å². The molecule has 3 aromatic carbocycles. The molecule has 1 aliphatic rings. The van der Waals surface area contributed by atoms with Gasteiger partial charge in [0.05, 0.1) is 12.7 Å². The number of carbonyl (C=O) groups excluding carboxylic acids is 9. The molecule has 11 atom stereocenters. The van der Waals surface area contributed by atoms with Gasteiger partial charge >= 0.3 is 11.9 Å². The quantitative estimate of drug-likeness (QED) is 0.00905. The van der Waals surface area contributed by atoms with Crippen molar-refractivity contribution < 1.29 is 73.2 Å². The van der Waals surface area contributed by atoms with Crippen LogP contribution in [0.4, 0.5) is 5.69 Å². The monoisotopic (exact) mass is 1390 g/mol. The van der Waals surface area contributed by atoms with Gasteiger partial charge in [0.2, 0.25) is 53.2 Å². The third-order valence-electron chi connectivity index (χ3n) is 16.8. The second-order valence-electron chi connectivity index (χ2n) is 25.4. The fourth-order valence-corrected chi connectivity index (χ4v) is 11.2. The van der Waals surface area contributed by atoms with E-state index < -0.39 is 172 Å². The molecular weight excluding hydrogens is 1300 g/mol. The molecule has 0 bridgehead atoms. The number of aromatic amines is 2. The fourth-order valence-electron chi connectivity index (χ4n) is 11.2. The van der Waals surface area contributed by atoms with Gasteiger partial charge in [-0.05, 0) is 73.1 Å². The number of amides is 9. The Labute approximate surface area is 574 Å². The number of nitrogens with zero attached hydrogens (tertiary/aromatic N) is 3. The topological polar surface area (TPSA) is 534 Å². The zero-order valence-corrected chi connectivity index (χ0v) is 56.2. The highest BCUT2D eigenvalue weighted by Gasteiger charge is 2.42. The lowest BCUT2D eigenvalue weighted by Crippen LogP contribution is -2.62. The van der Waals surface area contributed by atoms with E-state index in [0.29, 0.717) is 29.1 Å². The zero-order chi connectivity index (χ0) is 73.5. The standard InChI is InChI=1S/C66H89N17O17/c1-7-35(6)51(82-60(94)42(27-37-17-19-39(84)20-18-37)78-62(96)50(34(4)5)81-56(90)40(15-11-21-72-66(67)68)75-59(93)44(30-49(85)86)74-52-53(87)55(89)54(52)88)63(97)79-45(28-38-31-69-32-73-38)64(98)83-24-12-16-47(83)61(95)77-41(26-36-13-9-8-10-14-36)57(91)76-43(29-48-70-22-23-71-48)58(92)80-46(65(99)100)25-33(2)3/h8-10,13-14,17-20,22-23,31-35,40-47,50-51,74,84,87H,7,11-12,15-16,21,24-30H2,1-6H3,(H,69,73)(H,70,71)(H,75,93)(H,76,91)(H,77,95)(H,78,96)(H,79,97)(H,80,92)(H,81,90)(H,82,94)(H,85,86)(H,99,100)(H4,67,68,72). The molecular formula is C66H89N17O17. The number of imidazole rings is 2. The number of hydrogen-bond donors (Lipinski definition) is 18. The predicted octanol–water partition coefficient (Wildman–Crippen LogP) is -1.67. The van der Waals surface area contributed by atoms with Crippen LogP contribution in [-0.2, 0) is 78.4 Å². The van der Waals surface area contributed by atoms with Crippen LogP contribution in [0.25, 0.3) is 0 Å². The molecule has 100 heavy (non-hydrogen) atoms. The Hall–Kier alpha value is -11.2. The van der Waals surface area contributed by atoms with Crippen LogP contribution in [0.5, 0.6) is 11.5 Å². The first kappa shape index (κ1) is 77.8. The maximum absolute atomic E-state index is 15.1. The number of anilines is 1. The van der Waals surface area contributed by atoms with E-state index >= 15 is 4.79 Å². The fraction of sp³-hybridized carbons (Fsp3) is 0.485. The van der Waals surface area contributed by atoms with E-state index in [1.807, 2.05) is 0 Å². The van der Waals surface area contributed by atoms with Crippen LogP contribution in [0.3, 0.4) is 0 Å². The summed E-state index contributed by atoms with van der Waals surface area (Å²) in [5.74, 6) is -13.7. The molecule has 1 aliphatic heterocycles. The van der Waals surface area contributed by atoms with E-state index in [2.05, 4.69) is 73.1 Å². The van der Waals surface area contributed by atoms with Gasteiger partial charge in [-0.3, -0.25) is 62.9 Å². The second-order valence-corrected chi connectivity index (χ2v) is 25.4. The van der Waals surface area contributed by atoms with Crippen LogP contribution in [0.1, 0.15) is 109 Å². The van der Waals surface area contributed by atoms with Crippen LogP contribution in [0.2, 0.25) is 0 Å². The van der Waals surface area contributed by atoms with Crippen LogP contribution in [0, 0.1) is 23.2 Å². The number of carbonyl (C=O) groups is 11. The Morgan fingerprint density at radius 2 is 1.23 bits per heavy atom. The number of phenolic OH excluding ortho intramolecular Hbond substituents is 1. The molecule has 11 unspecified atom stereocenters. The molecule has 1 fully saturated rings. The Balaban J connectivity index is 1.24. The van der Waals surface area contributed by atoms with Crippen molar-refractivity contribution in [2.75, 3.05) is 18.4 Å². The predicted molar refractivity (Wildman–Crippen MR) is 360 cm³/mol. The van der Waals surface area contributed by atoms with Gasteiger partial charge in [0.1, 0.15) is 77.7 Å². The van der Waals surface area contributed by atoms with Crippen molar-refractivity contribution in [2.24, 2.45) is 23.5 Å². The van der Waals surface area contributed by atoms with E-state index in [9.17, 15) is 78.0 Å². The van der Waals surface area contributed by atoms with Gasteiger partial charge in [-0.1, -0.05) is 90.4 Å². The highest BCUT2D eigenvalue weighted by Crippen LogP contribution is 2.23. The highest BCUT2D eigenvalue weighted by atomic mass is 16.4. The molecule has 34 nitrogen and oxygen atoms in total. The average Bonchev–Trinajstić information content (AvgIpc) is 1.07. The van der Waals surface area contributed by atoms with Crippen molar-refractivity contribution in [1.29, 1.82) is 5.41 Å². The number of nitrogens with one attached hydrogen (secondary N) is 13. The van der Waals surface area contributed by atoms with E-state index in [4.69, 9.17) is 11.1 Å². The van der Waals surface area contributed by atoms with Crippen molar-refractivity contribution in [2.45, 2.75) is 173 Å². The molecule has 0 spiro atoms. The lowest BCUT2D eigenvalue weighted by Gasteiger charge is -2.32. The lowest BCUT2D eigenvalue weighted by atomic mass is 9.96. The number of hydrogen-bond acceptors (Lipinski definition) is 19. The summed E-state index contributed by atoms with van der Waals surface area (Å²) in [7, 11) is 0. The molecule has 34 heteroatoms. The number of carboxylic acids is 2. The van der Waals surface area contributed by atoms with Gasteiger partial charge in [-0.15, -0.1) is 0 Å². The zero-order valence-electron chi connectivity index (χ0n) is 56.2. The summed E-state index contributed by atoms with van der Waals surface area (Å²) in [6, 6.07) is -0.286. The summed E-state index contributed by atoms with van der Waals surface area (Å²) in [5, 5.41) is 73.3. The maximum Gasteiger partial charge on any atom is 0.326 e. The van der Waals surface area contributed by atoms with Crippen LogP contribution in [0.15, 0.2) is 89.1 Å².